The summed E-state index contributed by atoms with van der Waals surface area (Å²) in [6, 6.07) is -0.351. The Balaban J connectivity index is 1.62. The van der Waals surface area contributed by atoms with Crippen LogP contribution in [0.4, 0.5) is 4.79 Å². The van der Waals surface area contributed by atoms with E-state index >= 15 is 0 Å². The number of amides is 3. The van der Waals surface area contributed by atoms with Gasteiger partial charge in [0.15, 0.2) is 6.61 Å². The SMILES string of the molecule is Cc1ncn(CC(=O)N2CC(N3C(=O)COC3=O)C2)c(=O)c1C. The van der Waals surface area contributed by atoms with Gasteiger partial charge in [-0.05, 0) is 13.8 Å². The molecule has 0 aliphatic carbocycles. The van der Waals surface area contributed by atoms with Gasteiger partial charge in [0.25, 0.3) is 11.5 Å². The van der Waals surface area contributed by atoms with Crippen molar-refractivity contribution in [3.05, 3.63) is 27.9 Å². The van der Waals surface area contributed by atoms with Crippen LogP contribution in [0.5, 0.6) is 0 Å². The van der Waals surface area contributed by atoms with E-state index in [4.69, 9.17) is 0 Å². The topological polar surface area (TPSA) is 102 Å². The number of hydrogen-bond acceptors (Lipinski definition) is 6. The minimum absolute atomic E-state index is 0.113. The minimum Gasteiger partial charge on any atom is -0.439 e. The van der Waals surface area contributed by atoms with Crippen molar-refractivity contribution >= 4 is 17.9 Å². The van der Waals surface area contributed by atoms with Crippen LogP contribution in [0.1, 0.15) is 11.3 Å². The Morgan fingerprint density at radius 1 is 1.30 bits per heavy atom. The minimum atomic E-state index is -0.665. The summed E-state index contributed by atoms with van der Waals surface area (Å²) in [7, 11) is 0. The molecule has 3 rings (SSSR count). The first-order valence-electron chi connectivity index (χ1n) is 7.17. The number of aryl methyl sites for hydroxylation is 1. The predicted octanol–water partition coefficient (Wildman–Crippen LogP) is -0.950. The first-order valence-corrected chi connectivity index (χ1v) is 7.17. The fraction of sp³-hybridized carbons (Fsp3) is 0.500. The van der Waals surface area contributed by atoms with Crippen LogP contribution in [-0.4, -0.2) is 63.0 Å². The Morgan fingerprint density at radius 3 is 2.61 bits per heavy atom. The third-order valence-electron chi connectivity index (χ3n) is 4.19. The van der Waals surface area contributed by atoms with Gasteiger partial charge in [-0.3, -0.25) is 19.0 Å². The van der Waals surface area contributed by atoms with Gasteiger partial charge in [0.05, 0.1) is 12.4 Å². The lowest BCUT2D eigenvalue weighted by molar-refractivity contribution is -0.142. The van der Waals surface area contributed by atoms with Gasteiger partial charge >= 0.3 is 6.09 Å². The van der Waals surface area contributed by atoms with Crippen LogP contribution in [0.15, 0.2) is 11.1 Å². The molecule has 3 amide bonds. The van der Waals surface area contributed by atoms with Crippen LogP contribution >= 0.6 is 0 Å². The lowest BCUT2D eigenvalue weighted by Crippen LogP contribution is -2.62. The number of rotatable bonds is 3. The molecule has 0 atom stereocenters. The molecule has 23 heavy (non-hydrogen) atoms. The maximum Gasteiger partial charge on any atom is 0.417 e. The van der Waals surface area contributed by atoms with E-state index in [9.17, 15) is 19.2 Å². The van der Waals surface area contributed by atoms with Gasteiger partial charge in [-0.1, -0.05) is 0 Å². The normalized spacial score (nSPS) is 18.2. The number of ether oxygens (including phenoxy) is 1. The van der Waals surface area contributed by atoms with Gasteiger partial charge < -0.3 is 9.64 Å². The van der Waals surface area contributed by atoms with Crippen molar-refractivity contribution in [2.45, 2.75) is 26.4 Å². The summed E-state index contributed by atoms with van der Waals surface area (Å²) < 4.78 is 5.90. The Morgan fingerprint density at radius 2 is 2.00 bits per heavy atom. The van der Waals surface area contributed by atoms with Gasteiger partial charge in [0.1, 0.15) is 6.54 Å². The van der Waals surface area contributed by atoms with Crippen LogP contribution in [0.2, 0.25) is 0 Å². The fourth-order valence-corrected chi connectivity index (χ4v) is 2.57. The highest BCUT2D eigenvalue weighted by Crippen LogP contribution is 2.19. The lowest BCUT2D eigenvalue weighted by atomic mass is 10.1. The van der Waals surface area contributed by atoms with Gasteiger partial charge in [0, 0.05) is 24.3 Å². The Hall–Kier alpha value is -2.71. The van der Waals surface area contributed by atoms with Crippen LogP contribution in [-0.2, 0) is 20.9 Å². The molecule has 0 unspecified atom stereocenters. The quantitative estimate of drug-likeness (QED) is 0.711. The molecule has 0 radical (unpaired) electrons. The molecule has 9 heteroatoms. The molecule has 0 spiro atoms. The number of carbonyl (C=O) groups excluding carboxylic acids is 3. The number of cyclic esters (lactones) is 1. The molecule has 0 bridgehead atoms. The second-order valence-electron chi connectivity index (χ2n) is 5.66. The van der Waals surface area contributed by atoms with Crippen molar-refractivity contribution in [3.8, 4) is 0 Å². The molecule has 1 aromatic rings. The van der Waals surface area contributed by atoms with Crippen molar-refractivity contribution in [1.82, 2.24) is 19.4 Å². The summed E-state index contributed by atoms with van der Waals surface area (Å²) in [6.07, 6.45) is 0.683. The smallest absolute Gasteiger partial charge is 0.417 e. The van der Waals surface area contributed by atoms with Gasteiger partial charge in [-0.15, -0.1) is 0 Å². The summed E-state index contributed by atoms with van der Waals surface area (Å²) in [5.74, 6) is -0.643. The lowest BCUT2D eigenvalue weighted by Gasteiger charge is -2.42. The third-order valence-corrected chi connectivity index (χ3v) is 4.19. The first kappa shape index (κ1) is 15.2. The predicted molar refractivity (Wildman–Crippen MR) is 76.5 cm³/mol. The van der Waals surface area contributed by atoms with E-state index in [0.717, 1.165) is 4.90 Å². The van der Waals surface area contributed by atoms with Gasteiger partial charge in [0.2, 0.25) is 5.91 Å². The number of hydrogen-bond donors (Lipinski definition) is 0. The van der Waals surface area contributed by atoms with Crippen molar-refractivity contribution in [2.75, 3.05) is 19.7 Å². The zero-order valence-corrected chi connectivity index (χ0v) is 12.8. The zero-order chi connectivity index (χ0) is 16.7. The maximum absolute atomic E-state index is 12.2. The molecule has 2 saturated heterocycles. The Bertz CT molecular complexity index is 734. The average molecular weight is 320 g/mol. The van der Waals surface area contributed by atoms with Crippen LogP contribution in [0.3, 0.4) is 0 Å². The number of nitrogens with zero attached hydrogens (tertiary/aromatic N) is 4. The second-order valence-corrected chi connectivity index (χ2v) is 5.66. The summed E-state index contributed by atoms with van der Waals surface area (Å²) in [5.41, 5.74) is 0.891. The summed E-state index contributed by atoms with van der Waals surface area (Å²) >= 11 is 0. The largest absolute Gasteiger partial charge is 0.439 e. The molecule has 3 heterocycles. The molecule has 2 fully saturated rings. The van der Waals surface area contributed by atoms with Gasteiger partial charge in [-0.25, -0.2) is 14.7 Å². The maximum atomic E-state index is 12.2. The highest BCUT2D eigenvalue weighted by molar-refractivity contribution is 5.98. The van der Waals surface area contributed by atoms with Crippen molar-refractivity contribution in [3.63, 3.8) is 0 Å². The van der Waals surface area contributed by atoms with E-state index in [-0.39, 0.29) is 49.7 Å². The van der Waals surface area contributed by atoms with Gasteiger partial charge in [-0.2, -0.15) is 0 Å². The molecule has 1 aromatic heterocycles. The summed E-state index contributed by atoms with van der Waals surface area (Å²) in [5, 5.41) is 0. The first-order chi connectivity index (χ1) is 10.9. The van der Waals surface area contributed by atoms with E-state index in [2.05, 4.69) is 9.72 Å². The fourth-order valence-electron chi connectivity index (χ4n) is 2.57. The third kappa shape index (κ3) is 2.58. The Kier molecular flexibility index (Phi) is 3.63. The van der Waals surface area contributed by atoms with E-state index in [1.54, 1.807) is 13.8 Å². The second kappa shape index (κ2) is 5.49. The average Bonchev–Trinajstić information content (AvgIpc) is 2.79. The molecular formula is C14H16N4O5. The van der Waals surface area contributed by atoms with E-state index < -0.39 is 6.09 Å². The zero-order valence-electron chi connectivity index (χ0n) is 12.8. The molecule has 0 N–H and O–H groups in total. The Labute approximate surface area is 131 Å². The van der Waals surface area contributed by atoms with Crippen LogP contribution in [0.25, 0.3) is 0 Å². The molecule has 0 saturated carbocycles. The van der Waals surface area contributed by atoms with E-state index in [0.29, 0.717) is 11.3 Å². The summed E-state index contributed by atoms with van der Waals surface area (Å²) in [6.45, 7) is 3.55. The molecule has 9 nitrogen and oxygen atoms in total. The number of aromatic nitrogens is 2. The van der Waals surface area contributed by atoms with E-state index in [1.807, 2.05) is 0 Å². The molecule has 2 aliphatic heterocycles. The molecular weight excluding hydrogens is 304 g/mol. The summed E-state index contributed by atoms with van der Waals surface area (Å²) in [4.78, 5) is 53.8. The standard InChI is InChI=1S/C14H16N4O5/c1-8-9(2)15-7-17(13(8)21)5-11(19)16-3-10(4-16)18-12(20)6-23-14(18)22/h7,10H,3-6H2,1-2H3. The molecule has 2 aliphatic rings. The van der Waals surface area contributed by atoms with E-state index in [1.165, 1.54) is 15.8 Å². The van der Waals surface area contributed by atoms with Crippen LogP contribution < -0.4 is 5.56 Å². The number of carbonyl (C=O) groups is 3. The monoisotopic (exact) mass is 320 g/mol. The van der Waals surface area contributed by atoms with Crippen molar-refractivity contribution in [2.24, 2.45) is 0 Å². The van der Waals surface area contributed by atoms with Crippen molar-refractivity contribution in [1.29, 1.82) is 0 Å². The highest BCUT2D eigenvalue weighted by Gasteiger charge is 2.44. The van der Waals surface area contributed by atoms with Crippen molar-refractivity contribution < 1.29 is 19.1 Å². The van der Waals surface area contributed by atoms with Crippen LogP contribution in [0, 0.1) is 13.8 Å². The number of imide groups is 1. The molecule has 0 aromatic carbocycles. The highest BCUT2D eigenvalue weighted by atomic mass is 16.6. The molecule has 122 valence electrons. The number of likely N-dealkylation sites (tertiary alicyclic amines) is 1.